The highest BCUT2D eigenvalue weighted by Crippen LogP contribution is 2.18. The van der Waals surface area contributed by atoms with Gasteiger partial charge in [-0.1, -0.05) is 0 Å². The van der Waals surface area contributed by atoms with Crippen LogP contribution in [0.25, 0.3) is 0 Å². The molecule has 0 fully saturated rings. The molecule has 2 aromatic carbocycles. The Bertz CT molecular complexity index is 1050. The molecule has 2 N–H and O–H groups in total. The van der Waals surface area contributed by atoms with Crippen LogP contribution in [-0.2, 0) is 10.0 Å². The van der Waals surface area contributed by atoms with Crippen LogP contribution in [0.4, 0.5) is 10.1 Å². The first-order chi connectivity index (χ1) is 13.3. The van der Waals surface area contributed by atoms with Crippen molar-refractivity contribution >= 4 is 21.6 Å². The van der Waals surface area contributed by atoms with Crippen LogP contribution < -0.4 is 10.0 Å². The minimum absolute atomic E-state index is 0.00411. The van der Waals surface area contributed by atoms with Gasteiger partial charge in [-0.25, -0.2) is 12.8 Å². The monoisotopic (exact) mass is 399 g/mol. The summed E-state index contributed by atoms with van der Waals surface area (Å²) in [5, 5.41) is 2.85. The van der Waals surface area contributed by atoms with Crippen molar-refractivity contribution in [1.82, 2.24) is 10.3 Å². The average molecular weight is 399 g/mol. The number of nitrogens with one attached hydrogen (secondary N) is 2. The van der Waals surface area contributed by atoms with E-state index in [1.807, 2.05) is 19.1 Å². The predicted molar refractivity (Wildman–Crippen MR) is 104 cm³/mol. The Morgan fingerprint density at radius 3 is 2.18 bits per heavy atom. The van der Waals surface area contributed by atoms with E-state index in [1.54, 1.807) is 12.4 Å². The van der Waals surface area contributed by atoms with Gasteiger partial charge in [0, 0.05) is 23.6 Å². The van der Waals surface area contributed by atoms with E-state index in [1.165, 1.54) is 36.4 Å². The van der Waals surface area contributed by atoms with Gasteiger partial charge in [-0.2, -0.15) is 0 Å². The third-order valence-electron chi connectivity index (χ3n) is 4.08. The van der Waals surface area contributed by atoms with Crippen LogP contribution in [0.3, 0.4) is 0 Å². The van der Waals surface area contributed by atoms with E-state index in [9.17, 15) is 17.6 Å². The summed E-state index contributed by atoms with van der Waals surface area (Å²) in [7, 11) is -3.85. The van der Waals surface area contributed by atoms with Gasteiger partial charge in [-0.3, -0.25) is 14.5 Å². The van der Waals surface area contributed by atoms with Gasteiger partial charge in [0.25, 0.3) is 15.9 Å². The summed E-state index contributed by atoms with van der Waals surface area (Å²) < 4.78 is 40.1. The van der Waals surface area contributed by atoms with E-state index in [0.29, 0.717) is 5.56 Å². The van der Waals surface area contributed by atoms with Crippen molar-refractivity contribution in [2.45, 2.75) is 17.9 Å². The van der Waals surface area contributed by atoms with Gasteiger partial charge in [0.05, 0.1) is 10.9 Å². The molecule has 1 unspecified atom stereocenters. The van der Waals surface area contributed by atoms with Gasteiger partial charge >= 0.3 is 0 Å². The number of carbonyl (C=O) groups is 1. The third kappa shape index (κ3) is 4.72. The van der Waals surface area contributed by atoms with Gasteiger partial charge < -0.3 is 5.32 Å². The smallest absolute Gasteiger partial charge is 0.261 e. The number of carbonyl (C=O) groups excluding carboxylic acids is 1. The minimum Gasteiger partial charge on any atom is -0.346 e. The predicted octanol–water partition coefficient (Wildman–Crippen LogP) is 3.51. The molecule has 1 aromatic heterocycles. The fourth-order valence-corrected chi connectivity index (χ4v) is 3.59. The maximum atomic E-state index is 12.9. The largest absolute Gasteiger partial charge is 0.346 e. The minimum atomic E-state index is -3.85. The van der Waals surface area contributed by atoms with Crippen LogP contribution in [0.5, 0.6) is 0 Å². The molecule has 0 radical (unpaired) electrons. The Morgan fingerprint density at radius 1 is 0.964 bits per heavy atom. The van der Waals surface area contributed by atoms with E-state index in [-0.39, 0.29) is 22.5 Å². The SMILES string of the molecule is CC(NC(=O)c1ccc(S(=O)(=O)Nc2ccc(F)cc2)cc1)c1ccncc1. The lowest BCUT2D eigenvalue weighted by molar-refractivity contribution is 0.0939. The number of sulfonamides is 1. The molecule has 0 spiro atoms. The summed E-state index contributed by atoms with van der Waals surface area (Å²) in [4.78, 5) is 16.3. The number of amides is 1. The Kier molecular flexibility index (Phi) is 5.70. The van der Waals surface area contributed by atoms with E-state index < -0.39 is 15.8 Å². The van der Waals surface area contributed by atoms with E-state index >= 15 is 0 Å². The fourth-order valence-electron chi connectivity index (χ4n) is 2.53. The normalized spacial score (nSPS) is 12.2. The summed E-state index contributed by atoms with van der Waals surface area (Å²) in [6.45, 7) is 1.85. The number of halogens is 1. The lowest BCUT2D eigenvalue weighted by Crippen LogP contribution is -2.26. The van der Waals surface area contributed by atoms with Crippen LogP contribution in [0.15, 0.2) is 78.0 Å². The molecule has 0 bridgehead atoms. The number of hydrogen-bond acceptors (Lipinski definition) is 4. The van der Waals surface area contributed by atoms with Gasteiger partial charge in [0.2, 0.25) is 0 Å². The molecule has 3 aromatic rings. The van der Waals surface area contributed by atoms with Crippen molar-refractivity contribution in [3.8, 4) is 0 Å². The first-order valence-electron chi connectivity index (χ1n) is 8.44. The van der Waals surface area contributed by atoms with E-state index in [4.69, 9.17) is 0 Å². The number of nitrogens with zero attached hydrogens (tertiary/aromatic N) is 1. The van der Waals surface area contributed by atoms with Crippen molar-refractivity contribution in [2.75, 3.05) is 4.72 Å². The Balaban J connectivity index is 1.70. The van der Waals surface area contributed by atoms with Crippen LogP contribution >= 0.6 is 0 Å². The fraction of sp³-hybridized carbons (Fsp3) is 0.100. The molecule has 0 saturated carbocycles. The quantitative estimate of drug-likeness (QED) is 0.664. The van der Waals surface area contributed by atoms with Crippen molar-refractivity contribution in [1.29, 1.82) is 0 Å². The Hall–Kier alpha value is -3.26. The maximum absolute atomic E-state index is 12.9. The average Bonchev–Trinajstić information content (AvgIpc) is 2.70. The summed E-state index contributed by atoms with van der Waals surface area (Å²) in [5.74, 6) is -0.779. The summed E-state index contributed by atoms with van der Waals surface area (Å²) in [6, 6.07) is 13.9. The van der Waals surface area contributed by atoms with Crippen molar-refractivity contribution < 1.29 is 17.6 Å². The molecule has 1 heterocycles. The molecular formula is C20H18FN3O3S. The van der Waals surface area contributed by atoms with Crippen LogP contribution in [0.1, 0.15) is 28.9 Å². The van der Waals surface area contributed by atoms with Gasteiger partial charge in [0.1, 0.15) is 5.82 Å². The van der Waals surface area contributed by atoms with Crippen LogP contribution in [0.2, 0.25) is 0 Å². The Morgan fingerprint density at radius 2 is 1.57 bits per heavy atom. The number of hydrogen-bond donors (Lipinski definition) is 2. The third-order valence-corrected chi connectivity index (χ3v) is 5.47. The molecular weight excluding hydrogens is 381 g/mol. The second kappa shape index (κ2) is 8.18. The first-order valence-corrected chi connectivity index (χ1v) is 9.93. The standard InChI is InChI=1S/C20H18FN3O3S/c1-14(15-10-12-22-13-11-15)23-20(25)16-2-8-19(9-3-16)28(26,27)24-18-6-4-17(21)5-7-18/h2-14,24H,1H3,(H,23,25). The maximum Gasteiger partial charge on any atom is 0.261 e. The second-order valence-electron chi connectivity index (χ2n) is 6.11. The lowest BCUT2D eigenvalue weighted by atomic mass is 10.1. The molecule has 28 heavy (non-hydrogen) atoms. The molecule has 1 atom stereocenters. The molecule has 0 aliphatic heterocycles. The zero-order valence-corrected chi connectivity index (χ0v) is 15.8. The summed E-state index contributed by atoms with van der Waals surface area (Å²) >= 11 is 0. The number of aromatic nitrogens is 1. The topological polar surface area (TPSA) is 88.2 Å². The highest BCUT2D eigenvalue weighted by Gasteiger charge is 2.16. The van der Waals surface area contributed by atoms with Gasteiger partial charge in [0.15, 0.2) is 0 Å². The van der Waals surface area contributed by atoms with Crippen molar-refractivity contribution in [3.05, 3.63) is 90.0 Å². The van der Waals surface area contributed by atoms with Crippen molar-refractivity contribution in [3.63, 3.8) is 0 Å². The number of benzene rings is 2. The van der Waals surface area contributed by atoms with Crippen LogP contribution in [0, 0.1) is 5.82 Å². The summed E-state index contributed by atoms with van der Waals surface area (Å²) in [6.07, 6.45) is 3.29. The molecule has 0 saturated heterocycles. The molecule has 0 aliphatic carbocycles. The number of pyridine rings is 1. The lowest BCUT2D eigenvalue weighted by Gasteiger charge is -2.14. The molecule has 3 rings (SSSR count). The molecule has 0 aliphatic rings. The van der Waals surface area contributed by atoms with Gasteiger partial charge in [-0.15, -0.1) is 0 Å². The number of rotatable bonds is 6. The Labute approximate surface area is 162 Å². The highest BCUT2D eigenvalue weighted by molar-refractivity contribution is 7.92. The summed E-state index contributed by atoms with van der Waals surface area (Å²) in [5.41, 5.74) is 1.49. The molecule has 8 heteroatoms. The van der Waals surface area contributed by atoms with Crippen LogP contribution in [-0.4, -0.2) is 19.3 Å². The number of anilines is 1. The highest BCUT2D eigenvalue weighted by atomic mass is 32.2. The second-order valence-corrected chi connectivity index (χ2v) is 7.79. The molecule has 1 amide bonds. The first kappa shape index (κ1) is 19.5. The zero-order valence-electron chi connectivity index (χ0n) is 15.0. The van der Waals surface area contributed by atoms with Gasteiger partial charge in [-0.05, 0) is 73.2 Å². The van der Waals surface area contributed by atoms with Crippen molar-refractivity contribution in [2.24, 2.45) is 0 Å². The zero-order chi connectivity index (χ0) is 20.1. The van der Waals surface area contributed by atoms with E-state index in [0.717, 1.165) is 17.7 Å². The molecule has 6 nitrogen and oxygen atoms in total. The molecule has 144 valence electrons. The van der Waals surface area contributed by atoms with E-state index in [2.05, 4.69) is 15.0 Å².